The zero-order valence-electron chi connectivity index (χ0n) is 14.6. The van der Waals surface area contributed by atoms with Crippen LogP contribution in [0.4, 0.5) is 4.39 Å². The molecule has 0 atom stereocenters. The highest BCUT2D eigenvalue weighted by molar-refractivity contribution is 5.95. The standard InChI is InChI=1S/C17H24FN5O2.ClH/c18-13-5-7-14(8-6-13)24-11-4-12-25-23-16(20)21-15(19)22-17(23)9-2-1-3-10-17;/h5-8H,1-4,9-12H2,(H4,19,20,21,22);1H. The Hall–Kier alpha value is -2.06. The van der Waals surface area contributed by atoms with E-state index in [2.05, 4.69) is 9.98 Å². The third-order valence-electron chi connectivity index (χ3n) is 4.38. The molecule has 1 saturated carbocycles. The number of nitrogens with two attached hydrogens (primary N) is 2. The molecular formula is C17H25ClFN5O2. The molecule has 3 rings (SSSR count). The van der Waals surface area contributed by atoms with Crippen molar-refractivity contribution in [2.45, 2.75) is 44.2 Å². The maximum Gasteiger partial charge on any atom is 0.226 e. The van der Waals surface area contributed by atoms with Crippen molar-refractivity contribution >= 4 is 24.3 Å². The maximum atomic E-state index is 12.8. The van der Waals surface area contributed by atoms with Crippen molar-refractivity contribution in [3.8, 4) is 5.75 Å². The van der Waals surface area contributed by atoms with Crippen LogP contribution in [0, 0.1) is 5.82 Å². The lowest BCUT2D eigenvalue weighted by Gasteiger charge is -2.44. The Balaban J connectivity index is 0.00000243. The summed E-state index contributed by atoms with van der Waals surface area (Å²) < 4.78 is 18.4. The zero-order valence-corrected chi connectivity index (χ0v) is 15.4. The van der Waals surface area contributed by atoms with Crippen LogP contribution in [0.5, 0.6) is 5.75 Å². The van der Waals surface area contributed by atoms with Gasteiger partial charge in [-0.15, -0.1) is 12.4 Å². The van der Waals surface area contributed by atoms with Gasteiger partial charge in [0.15, 0.2) is 5.66 Å². The normalized spacial score (nSPS) is 18.7. The Morgan fingerprint density at radius 2 is 1.77 bits per heavy atom. The quantitative estimate of drug-likeness (QED) is 0.733. The van der Waals surface area contributed by atoms with Crippen molar-refractivity contribution in [2.24, 2.45) is 21.5 Å². The van der Waals surface area contributed by atoms with E-state index < -0.39 is 5.66 Å². The fourth-order valence-electron chi connectivity index (χ4n) is 3.21. The monoisotopic (exact) mass is 385 g/mol. The molecule has 26 heavy (non-hydrogen) atoms. The minimum atomic E-state index is -0.536. The van der Waals surface area contributed by atoms with E-state index in [-0.39, 0.29) is 30.1 Å². The molecule has 1 aliphatic heterocycles. The van der Waals surface area contributed by atoms with E-state index in [1.807, 2.05) is 0 Å². The number of hydrogen-bond acceptors (Lipinski definition) is 7. The molecular weight excluding hydrogens is 361 g/mol. The summed E-state index contributed by atoms with van der Waals surface area (Å²) in [4.78, 5) is 14.4. The van der Waals surface area contributed by atoms with Crippen LogP contribution in [0.2, 0.25) is 0 Å². The van der Waals surface area contributed by atoms with Gasteiger partial charge in [-0.05, 0) is 49.9 Å². The highest BCUT2D eigenvalue weighted by Gasteiger charge is 2.42. The second-order valence-electron chi connectivity index (χ2n) is 6.27. The Morgan fingerprint density at radius 3 is 2.46 bits per heavy atom. The lowest BCUT2D eigenvalue weighted by molar-refractivity contribution is -0.178. The molecule has 0 unspecified atom stereocenters. The number of hydrogen-bond donors (Lipinski definition) is 2. The number of halogens is 2. The van der Waals surface area contributed by atoms with E-state index in [0.717, 1.165) is 25.7 Å². The first-order chi connectivity index (χ1) is 12.1. The molecule has 0 saturated heterocycles. The first-order valence-corrected chi connectivity index (χ1v) is 8.60. The average Bonchev–Trinajstić information content (AvgIpc) is 2.59. The Morgan fingerprint density at radius 1 is 1.08 bits per heavy atom. The molecule has 1 spiro atoms. The van der Waals surface area contributed by atoms with Crippen LogP contribution < -0.4 is 16.2 Å². The van der Waals surface area contributed by atoms with Gasteiger partial charge in [-0.25, -0.2) is 9.38 Å². The summed E-state index contributed by atoms with van der Waals surface area (Å²) in [6.07, 6.45) is 5.62. The molecule has 144 valence electrons. The van der Waals surface area contributed by atoms with Crippen LogP contribution in [0.1, 0.15) is 38.5 Å². The van der Waals surface area contributed by atoms with Crippen molar-refractivity contribution < 1.29 is 14.0 Å². The van der Waals surface area contributed by atoms with Crippen molar-refractivity contribution in [3.05, 3.63) is 30.1 Å². The van der Waals surface area contributed by atoms with Crippen LogP contribution in [-0.4, -0.2) is 35.9 Å². The number of nitrogens with zero attached hydrogens (tertiary/aromatic N) is 3. The molecule has 0 bridgehead atoms. The van der Waals surface area contributed by atoms with E-state index in [9.17, 15) is 4.39 Å². The second kappa shape index (κ2) is 9.05. The largest absolute Gasteiger partial charge is 0.494 e. The van der Waals surface area contributed by atoms with Crippen LogP contribution in [0.25, 0.3) is 0 Å². The fraction of sp³-hybridized carbons (Fsp3) is 0.529. The molecule has 1 aromatic carbocycles. The lowest BCUT2D eigenvalue weighted by atomic mass is 9.89. The fourth-order valence-corrected chi connectivity index (χ4v) is 3.21. The summed E-state index contributed by atoms with van der Waals surface area (Å²) in [6.45, 7) is 0.865. The third-order valence-corrected chi connectivity index (χ3v) is 4.38. The second-order valence-corrected chi connectivity index (χ2v) is 6.27. The van der Waals surface area contributed by atoms with Crippen LogP contribution >= 0.6 is 12.4 Å². The van der Waals surface area contributed by atoms with Gasteiger partial charge in [0, 0.05) is 6.42 Å². The molecule has 2 aliphatic rings. The molecule has 0 radical (unpaired) electrons. The van der Waals surface area contributed by atoms with E-state index in [1.165, 1.54) is 18.6 Å². The van der Waals surface area contributed by atoms with Crippen molar-refractivity contribution in [2.75, 3.05) is 13.2 Å². The lowest BCUT2D eigenvalue weighted by Crippen LogP contribution is -2.57. The van der Waals surface area contributed by atoms with Crippen LogP contribution in [0.15, 0.2) is 34.3 Å². The van der Waals surface area contributed by atoms with Gasteiger partial charge >= 0.3 is 0 Å². The number of benzene rings is 1. The smallest absolute Gasteiger partial charge is 0.226 e. The molecule has 1 aliphatic carbocycles. The van der Waals surface area contributed by atoms with Gasteiger partial charge in [-0.2, -0.15) is 10.1 Å². The minimum absolute atomic E-state index is 0. The predicted molar refractivity (Wildman–Crippen MR) is 101 cm³/mol. The third kappa shape index (κ3) is 4.76. The van der Waals surface area contributed by atoms with Crippen LogP contribution in [-0.2, 0) is 4.84 Å². The van der Waals surface area contributed by atoms with Gasteiger partial charge in [-0.1, -0.05) is 6.42 Å². The number of aliphatic imine (C=N–C) groups is 2. The van der Waals surface area contributed by atoms with Crippen molar-refractivity contribution in [1.29, 1.82) is 0 Å². The summed E-state index contributed by atoms with van der Waals surface area (Å²) >= 11 is 0. The number of rotatable bonds is 6. The highest BCUT2D eigenvalue weighted by atomic mass is 35.5. The maximum absolute atomic E-state index is 12.8. The van der Waals surface area contributed by atoms with Gasteiger partial charge in [0.25, 0.3) is 0 Å². The first-order valence-electron chi connectivity index (χ1n) is 8.60. The molecule has 0 amide bonds. The molecule has 4 N–H and O–H groups in total. The predicted octanol–water partition coefficient (Wildman–Crippen LogP) is 2.55. The molecule has 1 heterocycles. The van der Waals surface area contributed by atoms with E-state index in [4.69, 9.17) is 21.0 Å². The van der Waals surface area contributed by atoms with E-state index in [1.54, 1.807) is 17.2 Å². The summed E-state index contributed by atoms with van der Waals surface area (Å²) in [5.41, 5.74) is 11.3. The molecule has 0 aromatic heterocycles. The molecule has 9 heteroatoms. The average molecular weight is 386 g/mol. The van der Waals surface area contributed by atoms with Gasteiger partial charge in [0.2, 0.25) is 11.9 Å². The van der Waals surface area contributed by atoms with Gasteiger partial charge in [0.05, 0.1) is 13.2 Å². The number of hydroxylamine groups is 2. The van der Waals surface area contributed by atoms with Gasteiger partial charge in [-0.3, -0.25) is 4.84 Å². The topological polar surface area (TPSA) is 98.5 Å². The van der Waals surface area contributed by atoms with Gasteiger partial charge in [0.1, 0.15) is 11.6 Å². The Labute approximate surface area is 158 Å². The van der Waals surface area contributed by atoms with Crippen molar-refractivity contribution in [1.82, 2.24) is 5.06 Å². The first kappa shape index (κ1) is 20.3. The Bertz CT molecular complexity index is 647. The highest BCUT2D eigenvalue weighted by Crippen LogP contribution is 2.36. The molecule has 7 nitrogen and oxygen atoms in total. The summed E-state index contributed by atoms with van der Waals surface area (Å²) in [5.74, 6) is 0.794. The molecule has 1 fully saturated rings. The van der Waals surface area contributed by atoms with Gasteiger partial charge < -0.3 is 16.2 Å². The molecule has 1 aromatic rings. The summed E-state index contributed by atoms with van der Waals surface area (Å²) in [7, 11) is 0. The van der Waals surface area contributed by atoms with E-state index in [0.29, 0.717) is 25.4 Å². The van der Waals surface area contributed by atoms with E-state index >= 15 is 0 Å². The van der Waals surface area contributed by atoms with Crippen molar-refractivity contribution in [3.63, 3.8) is 0 Å². The number of ether oxygens (including phenoxy) is 1. The van der Waals surface area contributed by atoms with Crippen LogP contribution in [0.3, 0.4) is 0 Å². The Kier molecular flexibility index (Phi) is 7.05. The SMILES string of the molecule is Cl.NC1=NC2(CCCCC2)N(OCCCOc2ccc(F)cc2)C(N)=N1. The zero-order chi connectivity index (χ0) is 17.7. The summed E-state index contributed by atoms with van der Waals surface area (Å²) in [6, 6.07) is 5.93. The number of guanidine groups is 2. The summed E-state index contributed by atoms with van der Waals surface area (Å²) in [5, 5.41) is 1.61. The minimum Gasteiger partial charge on any atom is -0.494 e.